The zero-order valence-corrected chi connectivity index (χ0v) is 9.24. The third kappa shape index (κ3) is 3.20. The average molecular weight is 211 g/mol. The molecule has 2 aliphatic carbocycles. The van der Waals surface area contributed by atoms with Gasteiger partial charge < -0.3 is 10.4 Å². The van der Waals surface area contributed by atoms with Gasteiger partial charge in [0.2, 0.25) is 5.91 Å². The van der Waals surface area contributed by atoms with Crippen LogP contribution in [0, 0.1) is 11.8 Å². The van der Waals surface area contributed by atoms with Gasteiger partial charge in [-0.1, -0.05) is 19.3 Å². The maximum Gasteiger partial charge on any atom is 0.223 e. The van der Waals surface area contributed by atoms with Gasteiger partial charge in [-0.15, -0.1) is 0 Å². The Morgan fingerprint density at radius 2 is 1.87 bits per heavy atom. The van der Waals surface area contributed by atoms with Gasteiger partial charge in [0.05, 0.1) is 6.10 Å². The summed E-state index contributed by atoms with van der Waals surface area (Å²) in [4.78, 5) is 11.4. The molecule has 15 heavy (non-hydrogen) atoms. The van der Waals surface area contributed by atoms with Crippen LogP contribution in [0.25, 0.3) is 0 Å². The van der Waals surface area contributed by atoms with E-state index in [4.69, 9.17) is 0 Å². The van der Waals surface area contributed by atoms with E-state index in [1.54, 1.807) is 0 Å². The summed E-state index contributed by atoms with van der Waals surface area (Å²) in [6.45, 7) is 0.458. The predicted molar refractivity (Wildman–Crippen MR) is 58.3 cm³/mol. The van der Waals surface area contributed by atoms with Gasteiger partial charge in [0, 0.05) is 12.5 Å². The third-order valence-electron chi connectivity index (χ3n) is 3.63. The maximum atomic E-state index is 11.4. The summed E-state index contributed by atoms with van der Waals surface area (Å²) < 4.78 is 0. The van der Waals surface area contributed by atoms with Crippen LogP contribution in [-0.4, -0.2) is 23.7 Å². The fourth-order valence-electron chi connectivity index (χ4n) is 2.38. The second-order valence-electron chi connectivity index (χ2n) is 4.98. The lowest BCUT2D eigenvalue weighted by molar-refractivity contribution is -0.123. The molecular formula is C12H21NO2. The molecule has 2 rings (SSSR count). The van der Waals surface area contributed by atoms with E-state index in [0.29, 0.717) is 12.5 Å². The number of carbonyl (C=O) groups is 1. The fourth-order valence-corrected chi connectivity index (χ4v) is 2.38. The normalized spacial score (nSPS) is 24.9. The second kappa shape index (κ2) is 4.97. The fraction of sp³-hybridized carbons (Fsp3) is 0.917. The lowest BCUT2D eigenvalue weighted by atomic mass is 9.85. The summed E-state index contributed by atoms with van der Waals surface area (Å²) in [5.41, 5.74) is 0. The summed E-state index contributed by atoms with van der Waals surface area (Å²) in [6, 6.07) is 0. The van der Waals surface area contributed by atoms with Crippen LogP contribution in [0.15, 0.2) is 0 Å². The van der Waals surface area contributed by atoms with Crippen molar-refractivity contribution in [3.05, 3.63) is 0 Å². The van der Waals surface area contributed by atoms with E-state index < -0.39 is 0 Å². The smallest absolute Gasteiger partial charge is 0.223 e. The Balaban J connectivity index is 1.66. The molecule has 0 spiro atoms. The molecule has 2 N–H and O–H groups in total. The van der Waals surface area contributed by atoms with Gasteiger partial charge in [-0.3, -0.25) is 4.79 Å². The lowest BCUT2D eigenvalue weighted by Crippen LogP contribution is -2.37. The van der Waals surface area contributed by atoms with Gasteiger partial charge in [-0.25, -0.2) is 0 Å². The van der Waals surface area contributed by atoms with E-state index in [0.717, 1.165) is 25.7 Å². The van der Waals surface area contributed by atoms with E-state index in [1.807, 2.05) is 0 Å². The summed E-state index contributed by atoms with van der Waals surface area (Å²) in [5.74, 6) is 0.812. The third-order valence-corrected chi connectivity index (χ3v) is 3.63. The van der Waals surface area contributed by atoms with Crippen LogP contribution in [-0.2, 0) is 4.79 Å². The zero-order valence-electron chi connectivity index (χ0n) is 9.24. The number of hydrogen-bond acceptors (Lipinski definition) is 2. The molecule has 3 heteroatoms. The first-order chi connectivity index (χ1) is 7.27. The van der Waals surface area contributed by atoms with Crippen LogP contribution < -0.4 is 5.32 Å². The molecule has 0 heterocycles. The summed E-state index contributed by atoms with van der Waals surface area (Å²) in [5, 5.41) is 12.8. The van der Waals surface area contributed by atoms with Crippen molar-refractivity contribution in [2.75, 3.05) is 6.54 Å². The van der Waals surface area contributed by atoms with E-state index in [9.17, 15) is 9.90 Å². The molecule has 0 bridgehead atoms. The number of nitrogens with one attached hydrogen (secondary N) is 1. The van der Waals surface area contributed by atoms with Gasteiger partial charge in [-0.05, 0) is 31.6 Å². The van der Waals surface area contributed by atoms with Crippen molar-refractivity contribution in [3.63, 3.8) is 0 Å². The Bertz CT molecular complexity index is 220. The molecule has 0 saturated heterocycles. The van der Waals surface area contributed by atoms with Gasteiger partial charge in [0.1, 0.15) is 0 Å². The highest BCUT2D eigenvalue weighted by atomic mass is 16.3. The molecule has 3 nitrogen and oxygen atoms in total. The minimum Gasteiger partial charge on any atom is -0.391 e. The largest absolute Gasteiger partial charge is 0.391 e. The van der Waals surface area contributed by atoms with Crippen molar-refractivity contribution in [1.82, 2.24) is 5.32 Å². The summed E-state index contributed by atoms with van der Waals surface area (Å²) in [6.07, 6.45) is 7.76. The van der Waals surface area contributed by atoms with Crippen LogP contribution >= 0.6 is 0 Å². The number of aliphatic hydroxyl groups excluding tert-OH is 1. The Kier molecular flexibility index (Phi) is 3.62. The minimum absolute atomic E-state index is 0.143. The van der Waals surface area contributed by atoms with Gasteiger partial charge >= 0.3 is 0 Å². The molecule has 0 aliphatic heterocycles. The molecule has 0 radical (unpaired) electrons. The number of hydrogen-bond donors (Lipinski definition) is 2. The number of rotatable bonds is 4. The van der Waals surface area contributed by atoms with Crippen LogP contribution in [0.4, 0.5) is 0 Å². The van der Waals surface area contributed by atoms with Crippen LogP contribution in [0.3, 0.4) is 0 Å². The highest BCUT2D eigenvalue weighted by molar-refractivity contribution is 5.80. The number of aliphatic hydroxyl groups is 1. The Morgan fingerprint density at radius 1 is 1.20 bits per heavy atom. The van der Waals surface area contributed by atoms with Gasteiger partial charge in [0.15, 0.2) is 0 Å². The Labute approximate surface area is 91.2 Å². The van der Waals surface area contributed by atoms with Gasteiger partial charge in [-0.2, -0.15) is 0 Å². The van der Waals surface area contributed by atoms with Crippen molar-refractivity contribution < 1.29 is 9.90 Å². The number of amides is 1. The van der Waals surface area contributed by atoms with E-state index >= 15 is 0 Å². The van der Waals surface area contributed by atoms with Crippen LogP contribution in [0.1, 0.15) is 44.9 Å². The monoisotopic (exact) mass is 211 g/mol. The molecule has 0 unspecified atom stereocenters. The molecule has 0 aromatic heterocycles. The molecule has 2 saturated carbocycles. The summed E-state index contributed by atoms with van der Waals surface area (Å²) in [7, 11) is 0. The molecule has 2 aliphatic rings. The molecule has 86 valence electrons. The molecule has 2 fully saturated rings. The maximum absolute atomic E-state index is 11.4. The van der Waals surface area contributed by atoms with Crippen molar-refractivity contribution in [2.24, 2.45) is 11.8 Å². The first kappa shape index (κ1) is 10.9. The molecule has 1 amide bonds. The van der Waals surface area contributed by atoms with E-state index in [-0.39, 0.29) is 17.9 Å². The second-order valence-corrected chi connectivity index (χ2v) is 4.98. The topological polar surface area (TPSA) is 49.3 Å². The van der Waals surface area contributed by atoms with E-state index in [2.05, 4.69) is 5.32 Å². The molecule has 1 atom stereocenters. The molecule has 0 aromatic carbocycles. The van der Waals surface area contributed by atoms with Crippen molar-refractivity contribution in [2.45, 2.75) is 51.0 Å². The molecule has 0 aromatic rings. The zero-order chi connectivity index (χ0) is 10.7. The SMILES string of the molecule is O=C(NC[C@H](O)C1CCCCC1)C1CC1. The Morgan fingerprint density at radius 3 is 2.47 bits per heavy atom. The standard InChI is InChI=1S/C12H21NO2/c14-11(9-4-2-1-3-5-9)8-13-12(15)10-6-7-10/h9-11,14H,1-8H2,(H,13,15)/t11-/m0/s1. The average Bonchev–Trinajstić information content (AvgIpc) is 3.10. The first-order valence-electron chi connectivity index (χ1n) is 6.23. The molecular weight excluding hydrogens is 190 g/mol. The number of carbonyl (C=O) groups excluding carboxylic acids is 1. The van der Waals surface area contributed by atoms with Gasteiger partial charge in [0.25, 0.3) is 0 Å². The highest BCUT2D eigenvalue weighted by Crippen LogP contribution is 2.29. The van der Waals surface area contributed by atoms with E-state index in [1.165, 1.54) is 19.3 Å². The Hall–Kier alpha value is -0.570. The van der Waals surface area contributed by atoms with Crippen LogP contribution in [0.5, 0.6) is 0 Å². The highest BCUT2D eigenvalue weighted by Gasteiger charge is 2.30. The first-order valence-corrected chi connectivity index (χ1v) is 6.23. The quantitative estimate of drug-likeness (QED) is 0.739. The minimum atomic E-state index is -0.326. The summed E-state index contributed by atoms with van der Waals surface area (Å²) >= 11 is 0. The predicted octanol–water partition coefficient (Wildman–Crippen LogP) is 1.45. The van der Waals surface area contributed by atoms with Crippen molar-refractivity contribution in [3.8, 4) is 0 Å². The lowest BCUT2D eigenvalue weighted by Gasteiger charge is -2.26. The van der Waals surface area contributed by atoms with Crippen molar-refractivity contribution >= 4 is 5.91 Å². The van der Waals surface area contributed by atoms with Crippen LogP contribution in [0.2, 0.25) is 0 Å². The van der Waals surface area contributed by atoms with Crippen molar-refractivity contribution in [1.29, 1.82) is 0 Å².